The fourth-order valence-corrected chi connectivity index (χ4v) is 3.37. The van der Waals surface area contributed by atoms with Gasteiger partial charge in [-0.15, -0.1) is 0 Å². The number of halogens is 2. The van der Waals surface area contributed by atoms with E-state index in [0.29, 0.717) is 11.8 Å². The molecule has 0 saturated heterocycles. The van der Waals surface area contributed by atoms with E-state index in [2.05, 4.69) is 99.8 Å². The molecule has 0 saturated carbocycles. The quantitative estimate of drug-likeness (QED) is 0.422. The molecule has 0 bridgehead atoms. The molecular formula is C25H30Cl2SiZr-2. The van der Waals surface area contributed by atoms with Crippen molar-refractivity contribution in [2.75, 3.05) is 0 Å². The molecule has 2 aliphatic rings. The number of hydrogen-bond acceptors (Lipinski definition) is 0. The van der Waals surface area contributed by atoms with Gasteiger partial charge in [-0.3, -0.25) is 0 Å². The second kappa shape index (κ2) is 15.4. The van der Waals surface area contributed by atoms with Crippen molar-refractivity contribution in [3.63, 3.8) is 0 Å². The molecule has 0 radical (unpaired) electrons. The van der Waals surface area contributed by atoms with E-state index in [4.69, 9.17) is 0 Å². The molecule has 0 amide bonds. The van der Waals surface area contributed by atoms with E-state index in [1.54, 1.807) is 23.3 Å². The third-order valence-electron chi connectivity index (χ3n) is 4.63. The van der Waals surface area contributed by atoms with Crippen LogP contribution >= 0.6 is 0 Å². The number of allylic oxidation sites excluding steroid dienone is 2. The molecule has 2 aromatic carbocycles. The van der Waals surface area contributed by atoms with Gasteiger partial charge < -0.3 is 38.7 Å². The number of benzene rings is 2. The first-order valence-corrected chi connectivity index (χ1v) is 15.9. The fourth-order valence-electron chi connectivity index (χ4n) is 3.37. The van der Waals surface area contributed by atoms with Gasteiger partial charge in [0.25, 0.3) is 0 Å². The Labute approximate surface area is 205 Å². The van der Waals surface area contributed by atoms with Gasteiger partial charge >= 0.3 is 41.9 Å². The van der Waals surface area contributed by atoms with E-state index in [1.165, 1.54) is 28.7 Å². The second-order valence-electron chi connectivity index (χ2n) is 7.12. The fraction of sp³-hybridized carbons (Fsp3) is 0.280. The Bertz CT molecular complexity index is 810. The maximum Gasteiger partial charge on any atom is 0.000289 e. The summed E-state index contributed by atoms with van der Waals surface area (Å²) in [5.74, 6) is 1.19. The van der Waals surface area contributed by atoms with Crippen LogP contribution in [0.25, 0.3) is 12.2 Å². The van der Waals surface area contributed by atoms with Gasteiger partial charge in [0.2, 0.25) is 0 Å². The van der Waals surface area contributed by atoms with Crippen molar-refractivity contribution >= 4 is 17.6 Å². The summed E-state index contributed by atoms with van der Waals surface area (Å²) in [6, 6.07) is 17.1. The molecule has 0 N–H and O–H groups in total. The van der Waals surface area contributed by atoms with Crippen molar-refractivity contribution in [2.45, 2.75) is 44.2 Å². The molecule has 2 unspecified atom stereocenters. The number of fused-ring (bicyclic) bond motifs is 2. The average molecular weight is 521 g/mol. The standard InChI is InChI=1S/C12H13.C11H11.C2H6Si.2ClH.Zr/c1-2-5-10-8-9-11-6-3-4-7-12(10)11;1-2-9-7-8-10-5-3-4-6-11(9)10;1-3-2;;;/h3-4,6-10H,1-2,5H2;3-9H,1-2H2;1-2H3;2*1H;/q2*-1;;;;+2/p-2. The Morgan fingerprint density at radius 1 is 0.793 bits per heavy atom. The van der Waals surface area contributed by atoms with Crippen molar-refractivity contribution in [3.05, 3.63) is 96.8 Å². The maximum atomic E-state index is 3.92. The molecule has 2 aliphatic carbocycles. The van der Waals surface area contributed by atoms with E-state index >= 15 is 0 Å². The largest absolute Gasteiger partial charge is 1.00 e. The Balaban J connectivity index is 0.000000434. The smallest absolute Gasteiger partial charge is 0.000289 e. The summed E-state index contributed by atoms with van der Waals surface area (Å²) >= 11 is 1.74. The van der Waals surface area contributed by atoms with Gasteiger partial charge in [0.05, 0.1) is 0 Å². The Morgan fingerprint density at radius 3 is 1.66 bits per heavy atom. The molecule has 2 atom stereocenters. The molecule has 4 rings (SSSR count). The van der Waals surface area contributed by atoms with Gasteiger partial charge in [-0.25, -0.2) is 0 Å². The normalized spacial score (nSPS) is 16.8. The summed E-state index contributed by atoms with van der Waals surface area (Å²) in [4.78, 5) is 0. The van der Waals surface area contributed by atoms with Crippen LogP contribution in [0.1, 0.15) is 53.4 Å². The summed E-state index contributed by atoms with van der Waals surface area (Å²) in [5, 5.41) is 0. The minimum Gasteiger partial charge on any atom is -1.00 e. The van der Waals surface area contributed by atoms with Crippen molar-refractivity contribution in [1.29, 1.82) is 0 Å². The average Bonchev–Trinajstić information content (AvgIpc) is 3.26. The minimum absolute atomic E-state index is 0. The third kappa shape index (κ3) is 9.09. The molecule has 0 aliphatic heterocycles. The molecule has 0 heterocycles. The van der Waals surface area contributed by atoms with Gasteiger partial charge in [0.1, 0.15) is 0 Å². The molecule has 2 aromatic rings. The summed E-state index contributed by atoms with van der Waals surface area (Å²) in [7, 11) is 0. The van der Waals surface area contributed by atoms with Crippen LogP contribution in [0.2, 0.25) is 13.1 Å². The first-order chi connectivity index (χ1) is 13.1. The van der Waals surface area contributed by atoms with Crippen LogP contribution in [-0.4, -0.2) is 5.43 Å². The molecular weight excluding hydrogens is 490 g/mol. The van der Waals surface area contributed by atoms with Crippen LogP contribution in [0.5, 0.6) is 0 Å². The topological polar surface area (TPSA) is 0 Å². The molecule has 0 spiro atoms. The number of rotatable bonds is 3. The zero-order valence-electron chi connectivity index (χ0n) is 17.4. The predicted molar refractivity (Wildman–Crippen MR) is 118 cm³/mol. The van der Waals surface area contributed by atoms with Crippen LogP contribution in [0, 0.1) is 13.8 Å². The Kier molecular flexibility index (Phi) is 15.2. The molecule has 0 fully saturated rings. The van der Waals surface area contributed by atoms with E-state index in [1.807, 2.05) is 0 Å². The predicted octanol–water partition coefficient (Wildman–Crippen LogP) is 1.22. The third-order valence-corrected chi connectivity index (χ3v) is 4.63. The monoisotopic (exact) mass is 518 g/mol. The van der Waals surface area contributed by atoms with Crippen molar-refractivity contribution < 1.29 is 48.1 Å². The Hall–Kier alpha value is -0.400. The zero-order chi connectivity index (χ0) is 19.6. The van der Waals surface area contributed by atoms with Crippen LogP contribution in [0.15, 0.2) is 60.7 Å². The van der Waals surface area contributed by atoms with Crippen LogP contribution in [-0.2, 0) is 23.3 Å². The summed E-state index contributed by atoms with van der Waals surface area (Å²) in [5.41, 5.74) is 5.86. The van der Waals surface area contributed by atoms with Gasteiger partial charge in [-0.2, -0.15) is 12.8 Å². The van der Waals surface area contributed by atoms with Gasteiger partial charge in [-0.05, 0) is 28.2 Å². The van der Waals surface area contributed by atoms with Crippen LogP contribution in [0.4, 0.5) is 0 Å². The second-order valence-corrected chi connectivity index (χ2v) is 16.5. The zero-order valence-corrected chi connectivity index (χ0v) is 22.3. The molecule has 0 aromatic heterocycles. The van der Waals surface area contributed by atoms with Crippen LogP contribution in [0.3, 0.4) is 0 Å². The summed E-state index contributed by atoms with van der Waals surface area (Å²) in [6.07, 6.45) is 12.1. The summed E-state index contributed by atoms with van der Waals surface area (Å²) < 4.78 is 0. The van der Waals surface area contributed by atoms with Gasteiger partial charge in [0.15, 0.2) is 0 Å². The van der Waals surface area contributed by atoms with Gasteiger partial charge in [0, 0.05) is 5.92 Å². The van der Waals surface area contributed by atoms with Crippen molar-refractivity contribution in [1.82, 2.24) is 0 Å². The molecule has 4 heteroatoms. The van der Waals surface area contributed by atoms with E-state index in [0.717, 1.165) is 12.8 Å². The first kappa shape index (κ1) is 28.6. The SMILES string of the molecule is C[Si](C)=[Zr+2].[CH2-]CC1C=Cc2ccccc21.[CH2-]CCC1C=Cc2ccccc21.[Cl-].[Cl-]. The van der Waals surface area contributed by atoms with Gasteiger partial charge in [-0.1, -0.05) is 79.3 Å². The van der Waals surface area contributed by atoms with E-state index in [-0.39, 0.29) is 30.2 Å². The summed E-state index contributed by atoms with van der Waals surface area (Å²) in [6.45, 7) is 12.4. The van der Waals surface area contributed by atoms with Crippen LogP contribution < -0.4 is 24.8 Å². The number of hydrogen-bond donors (Lipinski definition) is 0. The molecule has 29 heavy (non-hydrogen) atoms. The molecule has 0 nitrogen and oxygen atoms in total. The van der Waals surface area contributed by atoms with E-state index < -0.39 is 0 Å². The van der Waals surface area contributed by atoms with Crippen molar-refractivity contribution in [2.24, 2.45) is 0 Å². The van der Waals surface area contributed by atoms with Crippen molar-refractivity contribution in [3.8, 4) is 0 Å². The van der Waals surface area contributed by atoms with E-state index in [9.17, 15) is 0 Å². The Morgan fingerprint density at radius 2 is 1.21 bits per heavy atom. The maximum absolute atomic E-state index is 3.92. The first-order valence-electron chi connectivity index (χ1n) is 9.71. The minimum atomic E-state index is 0. The molecule has 154 valence electrons.